The van der Waals surface area contributed by atoms with E-state index < -0.39 is 0 Å². The predicted octanol–water partition coefficient (Wildman–Crippen LogP) is 5.76. The molecule has 1 N–H and O–H groups in total. The summed E-state index contributed by atoms with van der Waals surface area (Å²) in [5.74, 6) is 0.592. The zero-order valence-corrected chi connectivity index (χ0v) is 15.7. The lowest BCUT2D eigenvalue weighted by Crippen LogP contribution is -2.29. The molecule has 0 atom stereocenters. The van der Waals surface area contributed by atoms with Gasteiger partial charge in [0.2, 0.25) is 0 Å². The lowest BCUT2D eigenvalue weighted by Gasteiger charge is -2.07. The second-order valence-electron chi connectivity index (χ2n) is 6.27. The van der Waals surface area contributed by atoms with Gasteiger partial charge in [-0.15, -0.1) is 0 Å². The number of amides is 1. The minimum atomic E-state index is -0.0686. The molecule has 1 aromatic carbocycles. The number of nitrogens with one attached hydrogen (secondary N) is 1. The van der Waals surface area contributed by atoms with Gasteiger partial charge in [-0.2, -0.15) is 0 Å². The van der Waals surface area contributed by atoms with Crippen molar-refractivity contribution in [2.24, 2.45) is 0 Å². The molecule has 0 spiro atoms. The Kier molecular flexibility index (Phi) is 12.3. The molecule has 0 unspecified atom stereocenters. The number of carbonyl (C=O) groups excluding carboxylic acids is 1. The van der Waals surface area contributed by atoms with Gasteiger partial charge >= 0.3 is 0 Å². The van der Waals surface area contributed by atoms with E-state index in [-0.39, 0.29) is 12.5 Å². The number of unbranched alkanes of at least 4 members (excludes halogenated alkanes) is 9. The molecule has 0 aliphatic carbocycles. The van der Waals surface area contributed by atoms with Crippen molar-refractivity contribution in [3.63, 3.8) is 0 Å². The van der Waals surface area contributed by atoms with Crippen molar-refractivity contribution < 1.29 is 9.53 Å². The highest BCUT2D eigenvalue weighted by Crippen LogP contribution is 2.15. The average molecular weight is 354 g/mol. The van der Waals surface area contributed by atoms with E-state index in [1.807, 2.05) is 0 Å². The molecule has 136 valence electrons. The highest BCUT2D eigenvalue weighted by atomic mass is 35.5. The van der Waals surface area contributed by atoms with Crippen molar-refractivity contribution in [1.29, 1.82) is 0 Å². The summed E-state index contributed by atoms with van der Waals surface area (Å²) in [5, 5.41) is 3.56. The first-order valence-corrected chi connectivity index (χ1v) is 9.75. The molecule has 0 saturated heterocycles. The maximum Gasteiger partial charge on any atom is 0.257 e. The zero-order chi connectivity index (χ0) is 17.5. The molecule has 3 nitrogen and oxygen atoms in total. The fraction of sp³-hybridized carbons (Fsp3) is 0.650. The standard InChI is InChI=1S/C20H32ClNO2/c1-2-3-4-5-6-7-8-9-10-11-16-22-20(23)17-24-19-14-12-18(21)13-15-19/h12-15H,2-11,16-17H2,1H3,(H,22,23). The average Bonchev–Trinajstić information content (AvgIpc) is 2.59. The van der Waals surface area contributed by atoms with Crippen LogP contribution in [-0.2, 0) is 4.79 Å². The van der Waals surface area contributed by atoms with Gasteiger partial charge in [0.05, 0.1) is 0 Å². The van der Waals surface area contributed by atoms with Crippen LogP contribution >= 0.6 is 11.6 Å². The topological polar surface area (TPSA) is 38.3 Å². The molecule has 4 heteroatoms. The maximum absolute atomic E-state index is 11.7. The Labute approximate surface area is 152 Å². The predicted molar refractivity (Wildman–Crippen MR) is 102 cm³/mol. The molecule has 1 aromatic rings. The third-order valence-corrected chi connectivity index (χ3v) is 4.29. The first kappa shape index (κ1) is 20.8. The van der Waals surface area contributed by atoms with Gasteiger partial charge in [0.25, 0.3) is 5.91 Å². The quantitative estimate of drug-likeness (QED) is 0.432. The molecule has 0 saturated carbocycles. The van der Waals surface area contributed by atoms with Gasteiger partial charge < -0.3 is 10.1 Å². The maximum atomic E-state index is 11.7. The number of carbonyl (C=O) groups is 1. The van der Waals surface area contributed by atoms with Gasteiger partial charge in [-0.05, 0) is 30.7 Å². The third kappa shape index (κ3) is 11.3. The summed E-state index contributed by atoms with van der Waals surface area (Å²) in [6.07, 6.45) is 13.0. The van der Waals surface area contributed by atoms with Crippen molar-refractivity contribution in [1.82, 2.24) is 5.32 Å². The largest absolute Gasteiger partial charge is 0.484 e. The summed E-state index contributed by atoms with van der Waals surface area (Å²) < 4.78 is 5.40. The number of rotatable bonds is 14. The Morgan fingerprint density at radius 1 is 0.917 bits per heavy atom. The molecule has 0 heterocycles. The fourth-order valence-electron chi connectivity index (χ4n) is 2.57. The summed E-state index contributed by atoms with van der Waals surface area (Å²) in [6, 6.07) is 7.02. The van der Waals surface area contributed by atoms with Crippen LogP contribution in [0.5, 0.6) is 5.75 Å². The summed E-state index contributed by atoms with van der Waals surface area (Å²) in [5.41, 5.74) is 0. The Hall–Kier alpha value is -1.22. The number of hydrogen-bond donors (Lipinski definition) is 1. The van der Waals surface area contributed by atoms with Gasteiger partial charge in [0, 0.05) is 11.6 Å². The minimum absolute atomic E-state index is 0.0550. The molecule has 0 aliphatic heterocycles. The highest BCUT2D eigenvalue weighted by Gasteiger charge is 2.02. The first-order valence-electron chi connectivity index (χ1n) is 9.37. The Morgan fingerprint density at radius 3 is 2.04 bits per heavy atom. The van der Waals surface area contributed by atoms with E-state index in [0.29, 0.717) is 10.8 Å². The number of halogens is 1. The first-order chi connectivity index (χ1) is 11.7. The summed E-state index contributed by atoms with van der Waals surface area (Å²) >= 11 is 5.80. The van der Waals surface area contributed by atoms with Crippen LogP contribution in [0.15, 0.2) is 24.3 Å². The zero-order valence-electron chi connectivity index (χ0n) is 15.0. The van der Waals surface area contributed by atoms with Crippen LogP contribution in [-0.4, -0.2) is 19.1 Å². The van der Waals surface area contributed by atoms with E-state index in [1.165, 1.54) is 57.8 Å². The lowest BCUT2D eigenvalue weighted by atomic mass is 10.1. The van der Waals surface area contributed by atoms with Gasteiger partial charge in [-0.25, -0.2) is 0 Å². The molecular weight excluding hydrogens is 322 g/mol. The van der Waals surface area contributed by atoms with Gasteiger partial charge in [0.15, 0.2) is 6.61 Å². The van der Waals surface area contributed by atoms with Crippen molar-refractivity contribution >= 4 is 17.5 Å². The van der Waals surface area contributed by atoms with E-state index >= 15 is 0 Å². The van der Waals surface area contributed by atoms with Crippen molar-refractivity contribution in [3.8, 4) is 5.75 Å². The van der Waals surface area contributed by atoms with Crippen LogP contribution in [0.3, 0.4) is 0 Å². The Bertz CT molecular complexity index is 434. The van der Waals surface area contributed by atoms with Crippen LogP contribution in [0.25, 0.3) is 0 Å². The van der Waals surface area contributed by atoms with Crippen LogP contribution in [0, 0.1) is 0 Å². The van der Waals surface area contributed by atoms with Crippen molar-refractivity contribution in [2.75, 3.05) is 13.2 Å². The second kappa shape index (κ2) is 14.2. The molecule has 0 bridgehead atoms. The monoisotopic (exact) mass is 353 g/mol. The number of ether oxygens (including phenoxy) is 1. The van der Waals surface area contributed by atoms with Gasteiger partial charge in [-0.1, -0.05) is 76.3 Å². The molecule has 0 radical (unpaired) electrons. The van der Waals surface area contributed by atoms with Gasteiger partial charge in [0.1, 0.15) is 5.75 Å². The second-order valence-corrected chi connectivity index (χ2v) is 6.71. The van der Waals surface area contributed by atoms with Crippen LogP contribution in [0.4, 0.5) is 0 Å². The molecule has 0 aliphatic rings. The molecule has 0 fully saturated rings. The van der Waals surface area contributed by atoms with E-state index in [4.69, 9.17) is 16.3 Å². The summed E-state index contributed by atoms with van der Waals surface area (Å²) in [7, 11) is 0. The Balaban J connectivity index is 1.88. The molecule has 1 amide bonds. The lowest BCUT2D eigenvalue weighted by molar-refractivity contribution is -0.123. The SMILES string of the molecule is CCCCCCCCCCCCNC(=O)COc1ccc(Cl)cc1. The van der Waals surface area contributed by atoms with E-state index in [2.05, 4.69) is 12.2 Å². The molecule has 0 aromatic heterocycles. The van der Waals surface area contributed by atoms with E-state index in [0.717, 1.165) is 13.0 Å². The van der Waals surface area contributed by atoms with E-state index in [1.54, 1.807) is 24.3 Å². The molecular formula is C20H32ClNO2. The van der Waals surface area contributed by atoms with Gasteiger partial charge in [-0.3, -0.25) is 4.79 Å². The fourth-order valence-corrected chi connectivity index (χ4v) is 2.70. The van der Waals surface area contributed by atoms with E-state index in [9.17, 15) is 4.79 Å². The van der Waals surface area contributed by atoms with Crippen LogP contribution < -0.4 is 10.1 Å². The van der Waals surface area contributed by atoms with Crippen molar-refractivity contribution in [2.45, 2.75) is 71.1 Å². The minimum Gasteiger partial charge on any atom is -0.484 e. The summed E-state index contributed by atoms with van der Waals surface area (Å²) in [6.45, 7) is 3.04. The van der Waals surface area contributed by atoms with Crippen LogP contribution in [0.2, 0.25) is 5.02 Å². The summed E-state index contributed by atoms with van der Waals surface area (Å²) in [4.78, 5) is 11.7. The van der Waals surface area contributed by atoms with Crippen LogP contribution in [0.1, 0.15) is 71.1 Å². The third-order valence-electron chi connectivity index (χ3n) is 4.04. The Morgan fingerprint density at radius 2 is 1.46 bits per heavy atom. The smallest absolute Gasteiger partial charge is 0.257 e. The number of benzene rings is 1. The number of hydrogen-bond acceptors (Lipinski definition) is 2. The highest BCUT2D eigenvalue weighted by molar-refractivity contribution is 6.30. The molecule has 1 rings (SSSR count). The van der Waals surface area contributed by atoms with Crippen molar-refractivity contribution in [3.05, 3.63) is 29.3 Å². The normalized spacial score (nSPS) is 10.6. The molecule has 24 heavy (non-hydrogen) atoms.